The van der Waals surface area contributed by atoms with Gasteiger partial charge >= 0.3 is 6.18 Å². The summed E-state index contributed by atoms with van der Waals surface area (Å²) in [4.78, 5) is 23.7. The molecule has 0 unspecified atom stereocenters. The normalized spacial score (nSPS) is 15.4. The molecule has 0 aliphatic heterocycles. The standard InChI is InChI=1S/C20H20F3N5O/c21-20(22,23)12-5-4-8-14(11-12)25-17-16-15(9-10-24-18(16)29)27-19(28-17)26-13-6-2-1-3-7-13/h4-5,8-11,13H,1-3,6-7H2,(H,24,29)(H2,25,26,27,28). The Bertz CT molecular complexity index is 1070. The van der Waals surface area contributed by atoms with E-state index < -0.39 is 17.3 Å². The Morgan fingerprint density at radius 1 is 1.07 bits per heavy atom. The molecule has 6 nitrogen and oxygen atoms in total. The van der Waals surface area contributed by atoms with Crippen LogP contribution in [-0.4, -0.2) is 21.0 Å². The summed E-state index contributed by atoms with van der Waals surface area (Å²) in [6, 6.07) is 6.66. The zero-order chi connectivity index (χ0) is 20.4. The molecular formula is C20H20F3N5O. The largest absolute Gasteiger partial charge is 0.416 e. The van der Waals surface area contributed by atoms with Crippen LogP contribution in [0.4, 0.5) is 30.6 Å². The summed E-state index contributed by atoms with van der Waals surface area (Å²) in [5.41, 5.74) is -0.597. The number of anilines is 3. The van der Waals surface area contributed by atoms with Crippen LogP contribution < -0.4 is 16.2 Å². The fourth-order valence-electron chi connectivity index (χ4n) is 3.59. The lowest BCUT2D eigenvalue weighted by molar-refractivity contribution is -0.137. The molecule has 0 atom stereocenters. The predicted molar refractivity (Wildman–Crippen MR) is 105 cm³/mol. The van der Waals surface area contributed by atoms with Gasteiger partial charge in [-0.05, 0) is 37.1 Å². The maximum absolute atomic E-state index is 13.0. The molecule has 2 heterocycles. The highest BCUT2D eigenvalue weighted by molar-refractivity contribution is 5.90. The predicted octanol–water partition coefficient (Wildman–Crippen LogP) is 4.83. The number of nitrogens with zero attached hydrogens (tertiary/aromatic N) is 2. The Morgan fingerprint density at radius 2 is 1.86 bits per heavy atom. The molecule has 4 rings (SSSR count). The number of hydrogen-bond acceptors (Lipinski definition) is 5. The van der Waals surface area contributed by atoms with Gasteiger partial charge in [-0.1, -0.05) is 25.3 Å². The van der Waals surface area contributed by atoms with Crippen LogP contribution in [-0.2, 0) is 6.18 Å². The maximum Gasteiger partial charge on any atom is 0.416 e. The zero-order valence-electron chi connectivity index (χ0n) is 15.5. The van der Waals surface area contributed by atoms with Crippen LogP contribution in [0.3, 0.4) is 0 Å². The highest BCUT2D eigenvalue weighted by Crippen LogP contribution is 2.32. The van der Waals surface area contributed by atoms with Crippen molar-refractivity contribution in [2.24, 2.45) is 0 Å². The number of rotatable bonds is 4. The molecule has 0 spiro atoms. The number of aromatic nitrogens is 3. The minimum atomic E-state index is -4.46. The number of fused-ring (bicyclic) bond motifs is 1. The average molecular weight is 403 g/mol. The van der Waals surface area contributed by atoms with Crippen LogP contribution >= 0.6 is 0 Å². The molecule has 0 amide bonds. The van der Waals surface area contributed by atoms with Crippen molar-refractivity contribution in [2.45, 2.75) is 44.3 Å². The van der Waals surface area contributed by atoms with Crippen LogP contribution in [0.25, 0.3) is 10.9 Å². The minimum Gasteiger partial charge on any atom is -0.351 e. The van der Waals surface area contributed by atoms with Crippen LogP contribution in [0.5, 0.6) is 0 Å². The number of halogens is 3. The smallest absolute Gasteiger partial charge is 0.351 e. The van der Waals surface area contributed by atoms with Crippen LogP contribution in [0, 0.1) is 0 Å². The molecule has 0 saturated heterocycles. The topological polar surface area (TPSA) is 82.7 Å². The molecule has 0 radical (unpaired) electrons. The summed E-state index contributed by atoms with van der Waals surface area (Å²) in [6.45, 7) is 0. The minimum absolute atomic E-state index is 0.162. The van der Waals surface area contributed by atoms with Crippen molar-refractivity contribution < 1.29 is 13.2 Å². The first kappa shape index (κ1) is 19.2. The van der Waals surface area contributed by atoms with E-state index in [2.05, 4.69) is 25.6 Å². The molecule has 1 fully saturated rings. The van der Waals surface area contributed by atoms with E-state index >= 15 is 0 Å². The van der Waals surface area contributed by atoms with E-state index in [0.717, 1.165) is 37.8 Å². The van der Waals surface area contributed by atoms with E-state index in [4.69, 9.17) is 0 Å². The van der Waals surface area contributed by atoms with Gasteiger partial charge in [-0.3, -0.25) is 4.79 Å². The third-order valence-electron chi connectivity index (χ3n) is 5.01. The molecule has 1 aliphatic rings. The third-order valence-corrected chi connectivity index (χ3v) is 5.01. The maximum atomic E-state index is 13.0. The van der Waals surface area contributed by atoms with Crippen molar-refractivity contribution >= 4 is 28.4 Å². The molecule has 3 N–H and O–H groups in total. The molecule has 29 heavy (non-hydrogen) atoms. The van der Waals surface area contributed by atoms with Gasteiger partial charge in [0, 0.05) is 17.9 Å². The highest BCUT2D eigenvalue weighted by atomic mass is 19.4. The van der Waals surface area contributed by atoms with E-state index in [9.17, 15) is 18.0 Å². The zero-order valence-corrected chi connectivity index (χ0v) is 15.5. The first-order valence-corrected chi connectivity index (χ1v) is 9.50. The second-order valence-corrected chi connectivity index (χ2v) is 7.15. The van der Waals surface area contributed by atoms with Crippen molar-refractivity contribution in [1.29, 1.82) is 0 Å². The molecule has 3 aromatic rings. The molecule has 152 valence electrons. The summed E-state index contributed by atoms with van der Waals surface area (Å²) in [5.74, 6) is 0.513. The fourth-order valence-corrected chi connectivity index (χ4v) is 3.59. The Labute approximate surface area is 164 Å². The lowest BCUT2D eigenvalue weighted by atomic mass is 9.96. The lowest BCUT2D eigenvalue weighted by Gasteiger charge is -2.23. The average Bonchev–Trinajstić information content (AvgIpc) is 2.68. The first-order chi connectivity index (χ1) is 13.9. The molecule has 1 aromatic carbocycles. The number of nitrogens with one attached hydrogen (secondary N) is 3. The van der Waals surface area contributed by atoms with Gasteiger partial charge in [0.25, 0.3) is 5.56 Å². The van der Waals surface area contributed by atoms with E-state index in [1.165, 1.54) is 24.8 Å². The molecule has 9 heteroatoms. The van der Waals surface area contributed by atoms with E-state index in [-0.39, 0.29) is 22.9 Å². The van der Waals surface area contributed by atoms with Gasteiger partial charge in [0.05, 0.1) is 11.1 Å². The van der Waals surface area contributed by atoms with Gasteiger partial charge in [0.15, 0.2) is 0 Å². The van der Waals surface area contributed by atoms with E-state index in [1.807, 2.05) is 0 Å². The van der Waals surface area contributed by atoms with Crippen LogP contribution in [0.15, 0.2) is 41.3 Å². The van der Waals surface area contributed by atoms with E-state index in [0.29, 0.717) is 11.5 Å². The van der Waals surface area contributed by atoms with Crippen LogP contribution in [0.2, 0.25) is 0 Å². The van der Waals surface area contributed by atoms with E-state index in [1.54, 1.807) is 6.07 Å². The number of H-pyrrole nitrogens is 1. The summed E-state index contributed by atoms with van der Waals surface area (Å²) in [5, 5.41) is 6.36. The molecule has 1 aliphatic carbocycles. The quantitative estimate of drug-likeness (QED) is 0.582. The Hall–Kier alpha value is -3.10. The summed E-state index contributed by atoms with van der Waals surface area (Å²) < 4.78 is 39.1. The molecule has 2 aromatic heterocycles. The van der Waals surface area contributed by atoms with Gasteiger partial charge in [0.2, 0.25) is 5.95 Å². The number of aromatic amines is 1. The van der Waals surface area contributed by atoms with Crippen LogP contribution in [0.1, 0.15) is 37.7 Å². The fraction of sp³-hybridized carbons (Fsp3) is 0.350. The molecule has 0 bridgehead atoms. The Morgan fingerprint density at radius 3 is 2.62 bits per heavy atom. The first-order valence-electron chi connectivity index (χ1n) is 9.50. The molecular weight excluding hydrogens is 383 g/mol. The summed E-state index contributed by atoms with van der Waals surface area (Å²) in [6.07, 6.45) is 2.49. The van der Waals surface area contributed by atoms with Crippen molar-refractivity contribution in [3.05, 3.63) is 52.4 Å². The van der Waals surface area contributed by atoms with Gasteiger partial charge in [-0.25, -0.2) is 4.98 Å². The van der Waals surface area contributed by atoms with Crippen molar-refractivity contribution in [2.75, 3.05) is 10.6 Å². The van der Waals surface area contributed by atoms with Crippen molar-refractivity contribution in [3.8, 4) is 0 Å². The number of benzene rings is 1. The van der Waals surface area contributed by atoms with Gasteiger partial charge in [-0.2, -0.15) is 18.2 Å². The SMILES string of the molecule is O=c1[nH]ccc2nc(NC3CCCCC3)nc(Nc3cccc(C(F)(F)F)c3)c12. The number of pyridine rings is 1. The second-order valence-electron chi connectivity index (χ2n) is 7.15. The lowest BCUT2D eigenvalue weighted by Crippen LogP contribution is -2.24. The van der Waals surface area contributed by atoms with Gasteiger partial charge in [0.1, 0.15) is 11.2 Å². The van der Waals surface area contributed by atoms with Crippen molar-refractivity contribution in [1.82, 2.24) is 15.0 Å². The third kappa shape index (κ3) is 4.33. The van der Waals surface area contributed by atoms with Gasteiger partial charge < -0.3 is 15.6 Å². The number of hydrogen-bond donors (Lipinski definition) is 3. The number of alkyl halides is 3. The molecule has 1 saturated carbocycles. The Balaban J connectivity index is 1.73. The summed E-state index contributed by atoms with van der Waals surface area (Å²) in [7, 11) is 0. The monoisotopic (exact) mass is 403 g/mol. The van der Waals surface area contributed by atoms with Crippen molar-refractivity contribution in [3.63, 3.8) is 0 Å². The summed E-state index contributed by atoms with van der Waals surface area (Å²) >= 11 is 0. The second kappa shape index (κ2) is 7.73. The Kier molecular flexibility index (Phi) is 5.12. The highest BCUT2D eigenvalue weighted by Gasteiger charge is 2.30. The van der Waals surface area contributed by atoms with Gasteiger partial charge in [-0.15, -0.1) is 0 Å².